The van der Waals surface area contributed by atoms with Gasteiger partial charge in [0.15, 0.2) is 0 Å². The number of amides is 1. The fraction of sp³-hybridized carbons (Fsp3) is 0.659. The summed E-state index contributed by atoms with van der Waals surface area (Å²) in [7, 11) is 0. The Morgan fingerprint density at radius 3 is 1.98 bits per heavy atom. The molecule has 1 aromatic heterocycles. The summed E-state index contributed by atoms with van der Waals surface area (Å²) in [5.41, 5.74) is -1.64. The summed E-state index contributed by atoms with van der Waals surface area (Å²) in [4.78, 5) is 62.1. The minimum Gasteiger partial charge on any atom is -0.460 e. The quantitative estimate of drug-likeness (QED) is 0.132. The van der Waals surface area contributed by atoms with Gasteiger partial charge in [0.05, 0.1) is 11.5 Å². The molecule has 0 radical (unpaired) electrons. The van der Waals surface area contributed by atoms with Crippen LogP contribution in [0.2, 0.25) is 0 Å². The number of ketones is 1. The predicted molar refractivity (Wildman–Crippen MR) is 204 cm³/mol. The topological polar surface area (TPSA) is 131 Å². The summed E-state index contributed by atoms with van der Waals surface area (Å²) < 4.78 is 91.5. The van der Waals surface area contributed by atoms with E-state index in [2.05, 4.69) is 15.3 Å². The molecule has 1 N–H and O–H groups in total. The molecule has 2 aromatic rings. The Kier molecular flexibility index (Phi) is 15.2. The molecule has 3 heterocycles. The number of carbonyl (C=O) groups is 4. The van der Waals surface area contributed by atoms with Crippen molar-refractivity contribution < 1.29 is 55.0 Å². The number of piperidine rings is 1. The van der Waals surface area contributed by atoms with E-state index in [0.29, 0.717) is 57.3 Å². The highest BCUT2D eigenvalue weighted by molar-refractivity contribution is 5.87. The highest BCUT2D eigenvalue weighted by atomic mass is 19.4. The van der Waals surface area contributed by atoms with E-state index in [1.807, 2.05) is 0 Å². The van der Waals surface area contributed by atoms with E-state index in [1.165, 1.54) is 23.1 Å². The fourth-order valence-corrected chi connectivity index (χ4v) is 6.89. The number of halogens is 6. The summed E-state index contributed by atoms with van der Waals surface area (Å²) in [6.07, 6.45) is -5.80. The zero-order chi connectivity index (χ0) is 43.1. The van der Waals surface area contributed by atoms with Crippen LogP contribution in [0.3, 0.4) is 0 Å². The number of hydrogen-bond donors (Lipinski definition) is 1. The molecule has 58 heavy (non-hydrogen) atoms. The molecule has 0 saturated carbocycles. The molecular formula is C41H55F6N5O6. The Hall–Kier alpha value is -4.44. The van der Waals surface area contributed by atoms with Crippen molar-refractivity contribution >= 4 is 35.3 Å². The summed E-state index contributed by atoms with van der Waals surface area (Å²) in [5, 5.41) is 2.73. The molecule has 1 aromatic carbocycles. The van der Waals surface area contributed by atoms with Crippen molar-refractivity contribution in [2.75, 3.05) is 36.0 Å². The van der Waals surface area contributed by atoms with Gasteiger partial charge in [-0.05, 0) is 110 Å². The highest BCUT2D eigenvalue weighted by Gasteiger charge is 2.40. The minimum atomic E-state index is -4.84. The maximum atomic E-state index is 14.0. The van der Waals surface area contributed by atoms with Gasteiger partial charge in [0.1, 0.15) is 34.7 Å². The average Bonchev–Trinajstić information content (AvgIpc) is 3.07. The van der Waals surface area contributed by atoms with Crippen molar-refractivity contribution in [2.45, 2.75) is 135 Å². The van der Waals surface area contributed by atoms with Crippen molar-refractivity contribution in [3.8, 4) is 0 Å². The van der Waals surface area contributed by atoms with Crippen molar-refractivity contribution in [3.05, 3.63) is 47.3 Å². The highest BCUT2D eigenvalue weighted by Crippen LogP contribution is 2.35. The first-order chi connectivity index (χ1) is 26.9. The van der Waals surface area contributed by atoms with E-state index in [9.17, 15) is 45.5 Å². The van der Waals surface area contributed by atoms with Gasteiger partial charge in [-0.2, -0.15) is 26.3 Å². The van der Waals surface area contributed by atoms with E-state index in [-0.39, 0.29) is 62.0 Å². The molecule has 0 bridgehead atoms. The Balaban J connectivity index is 1.28. The first-order valence-electron chi connectivity index (χ1n) is 19.8. The fourth-order valence-electron chi connectivity index (χ4n) is 6.89. The second-order valence-electron chi connectivity index (χ2n) is 17.1. The van der Waals surface area contributed by atoms with Gasteiger partial charge in [-0.15, -0.1) is 0 Å². The standard InChI is InChI=1S/C41H55F6N5O6/c1-38(2,3)57-34(54)15-12-28(36(56)58-39(4,5)6)24-30(53)9-7-8-26-17-21-51(22-18-26)32-25-33(50-37(49-32)41(45,46)47)52-23-19-31(52)35(55)48-20-16-27-10-13-29(14-11-27)40(42,43)44/h10-11,13-14,25-26,28,31H,7-9,12,15-24H2,1-6H3,(H,48,55)/t28-,31-/m0/s1. The number of benzene rings is 1. The van der Waals surface area contributed by atoms with E-state index in [1.54, 1.807) is 46.4 Å². The number of alkyl halides is 6. The number of rotatable bonds is 16. The Labute approximate surface area is 335 Å². The summed E-state index contributed by atoms with van der Waals surface area (Å²) in [6, 6.07) is 5.29. The van der Waals surface area contributed by atoms with Crippen LogP contribution in [-0.2, 0) is 47.4 Å². The number of Topliss-reactive ketones (excluding diaryl/α,β-unsaturated/α-hetero) is 1. The molecule has 322 valence electrons. The lowest BCUT2D eigenvalue weighted by molar-refractivity contribution is -0.162. The van der Waals surface area contributed by atoms with Gasteiger partial charge in [-0.25, -0.2) is 9.97 Å². The lowest BCUT2D eigenvalue weighted by Crippen LogP contribution is -2.57. The van der Waals surface area contributed by atoms with Gasteiger partial charge in [0, 0.05) is 51.5 Å². The summed E-state index contributed by atoms with van der Waals surface area (Å²) in [5.74, 6) is -3.37. The van der Waals surface area contributed by atoms with Gasteiger partial charge >= 0.3 is 24.3 Å². The third kappa shape index (κ3) is 14.4. The van der Waals surface area contributed by atoms with E-state index in [4.69, 9.17) is 9.47 Å². The average molecular weight is 828 g/mol. The van der Waals surface area contributed by atoms with Crippen molar-refractivity contribution in [1.29, 1.82) is 0 Å². The van der Waals surface area contributed by atoms with Crippen molar-refractivity contribution in [1.82, 2.24) is 15.3 Å². The van der Waals surface area contributed by atoms with Crippen LogP contribution in [0.4, 0.5) is 38.0 Å². The van der Waals surface area contributed by atoms with Gasteiger partial charge in [0.2, 0.25) is 11.7 Å². The molecule has 0 spiro atoms. The van der Waals surface area contributed by atoms with Gasteiger partial charge in [-0.1, -0.05) is 12.1 Å². The summed E-state index contributed by atoms with van der Waals surface area (Å²) in [6.45, 7) is 11.7. The van der Waals surface area contributed by atoms with Crippen LogP contribution in [0.25, 0.3) is 0 Å². The maximum Gasteiger partial charge on any atom is 0.451 e. The van der Waals surface area contributed by atoms with Gasteiger partial charge in [-0.3, -0.25) is 19.2 Å². The number of aromatic nitrogens is 2. The van der Waals surface area contributed by atoms with Gasteiger partial charge < -0.3 is 24.6 Å². The number of carbonyl (C=O) groups excluding carboxylic acids is 4. The van der Waals surface area contributed by atoms with Crippen LogP contribution < -0.4 is 15.1 Å². The number of nitrogens with one attached hydrogen (secondary N) is 1. The first-order valence-corrected chi connectivity index (χ1v) is 19.8. The number of esters is 2. The maximum absolute atomic E-state index is 14.0. The Bertz CT molecular complexity index is 1730. The molecular weight excluding hydrogens is 772 g/mol. The molecule has 2 fully saturated rings. The van der Waals surface area contributed by atoms with E-state index < -0.39 is 64.7 Å². The number of hydrogen-bond acceptors (Lipinski definition) is 10. The minimum absolute atomic E-state index is 0.0251. The predicted octanol–water partition coefficient (Wildman–Crippen LogP) is 7.88. The van der Waals surface area contributed by atoms with Crippen molar-refractivity contribution in [3.63, 3.8) is 0 Å². The lowest BCUT2D eigenvalue weighted by atomic mass is 9.89. The monoisotopic (exact) mass is 827 g/mol. The lowest BCUT2D eigenvalue weighted by Gasteiger charge is -2.41. The largest absolute Gasteiger partial charge is 0.460 e. The second kappa shape index (κ2) is 19.1. The smallest absolute Gasteiger partial charge is 0.451 e. The zero-order valence-electron chi connectivity index (χ0n) is 34.0. The number of nitrogens with zero attached hydrogens (tertiary/aromatic N) is 4. The normalized spacial score (nSPS) is 17.3. The second-order valence-corrected chi connectivity index (χ2v) is 17.1. The molecule has 17 heteroatoms. The third-order valence-electron chi connectivity index (χ3n) is 9.90. The van der Waals surface area contributed by atoms with Gasteiger partial charge in [0.25, 0.3) is 0 Å². The first kappa shape index (κ1) is 46.3. The number of anilines is 2. The molecule has 2 aliphatic rings. The molecule has 4 rings (SSSR count). The Morgan fingerprint density at radius 2 is 1.43 bits per heavy atom. The van der Waals surface area contributed by atoms with Crippen LogP contribution in [0.15, 0.2) is 30.3 Å². The van der Waals surface area contributed by atoms with Crippen molar-refractivity contribution in [2.24, 2.45) is 11.8 Å². The molecule has 2 atom stereocenters. The van der Waals surface area contributed by atoms with Crippen LogP contribution >= 0.6 is 0 Å². The molecule has 2 aliphatic heterocycles. The SMILES string of the molecule is CC(C)(C)OC(=O)CC[C@@H](CC(=O)CCCC1CCN(c2cc(N3CC[C@H]3C(=O)NCCc3ccc(C(F)(F)F)cc3)nc(C(F)(F)F)n2)CC1)C(=O)OC(C)(C)C. The number of ether oxygens (including phenoxy) is 2. The molecule has 2 saturated heterocycles. The van der Waals surface area contributed by atoms with Crippen LogP contribution in [0, 0.1) is 11.8 Å². The van der Waals surface area contributed by atoms with E-state index >= 15 is 0 Å². The molecule has 0 aliphatic carbocycles. The molecule has 0 unspecified atom stereocenters. The van der Waals surface area contributed by atoms with Crippen LogP contribution in [-0.4, -0.2) is 77.0 Å². The molecule has 11 nitrogen and oxygen atoms in total. The van der Waals surface area contributed by atoms with Crippen LogP contribution in [0.5, 0.6) is 0 Å². The van der Waals surface area contributed by atoms with E-state index in [0.717, 1.165) is 12.1 Å². The zero-order valence-corrected chi connectivity index (χ0v) is 34.0. The third-order valence-corrected chi connectivity index (χ3v) is 9.90. The van der Waals surface area contributed by atoms with Crippen LogP contribution in [0.1, 0.15) is 116 Å². The summed E-state index contributed by atoms with van der Waals surface area (Å²) >= 11 is 0. The molecule has 1 amide bonds. The Morgan fingerprint density at radius 1 is 0.810 bits per heavy atom.